The van der Waals surface area contributed by atoms with Crippen molar-refractivity contribution >= 4 is 0 Å². The highest BCUT2D eigenvalue weighted by Gasteiger charge is 2.47. The van der Waals surface area contributed by atoms with E-state index < -0.39 is 0 Å². The molecule has 1 saturated carbocycles. The third kappa shape index (κ3) is 2.98. The van der Waals surface area contributed by atoms with E-state index >= 15 is 0 Å². The number of nitrogens with zero attached hydrogens (tertiary/aromatic N) is 1. The smallest absolute Gasteiger partial charge is 0.0480 e. The Morgan fingerprint density at radius 3 is 2.37 bits per heavy atom. The second-order valence-electron chi connectivity index (χ2n) is 7.53. The molecule has 1 aliphatic carbocycles. The molecule has 2 rings (SSSR count). The zero-order valence-electron chi connectivity index (χ0n) is 13.2. The van der Waals surface area contributed by atoms with E-state index in [9.17, 15) is 0 Å². The highest BCUT2D eigenvalue weighted by molar-refractivity contribution is 5.02. The molecule has 2 unspecified atom stereocenters. The van der Waals surface area contributed by atoms with E-state index in [1.807, 2.05) is 0 Å². The average molecular weight is 268 g/mol. The Bertz CT molecular complexity index is 299. The van der Waals surface area contributed by atoms with Gasteiger partial charge >= 0.3 is 0 Å². The van der Waals surface area contributed by atoms with E-state index in [1.54, 1.807) is 0 Å². The molecule has 2 fully saturated rings. The van der Waals surface area contributed by atoms with Crippen LogP contribution in [0.4, 0.5) is 0 Å². The Morgan fingerprint density at radius 1 is 1.21 bits per heavy atom. The zero-order chi connectivity index (χ0) is 14.1. The van der Waals surface area contributed by atoms with Crippen LogP contribution in [0.5, 0.6) is 0 Å². The molecular weight excluding hydrogens is 236 g/mol. The van der Waals surface area contributed by atoms with Crippen LogP contribution in [-0.4, -0.2) is 43.3 Å². The van der Waals surface area contributed by atoms with Gasteiger partial charge in [-0.25, -0.2) is 0 Å². The average Bonchev–Trinajstić information content (AvgIpc) is 2.39. The maximum atomic E-state index is 6.25. The fourth-order valence-corrected chi connectivity index (χ4v) is 4.33. The van der Waals surface area contributed by atoms with Gasteiger partial charge in [-0.1, -0.05) is 20.8 Å². The molecule has 0 aromatic carbocycles. The molecule has 1 saturated heterocycles. The van der Waals surface area contributed by atoms with Gasteiger partial charge in [-0.2, -0.15) is 0 Å². The van der Waals surface area contributed by atoms with Crippen LogP contribution < -0.4 is 5.73 Å². The molecule has 2 N–H and O–H groups in total. The lowest BCUT2D eigenvalue weighted by Gasteiger charge is -2.55. The minimum atomic E-state index is 0.206. The van der Waals surface area contributed by atoms with Crippen LogP contribution >= 0.6 is 0 Å². The minimum absolute atomic E-state index is 0.206. The van der Waals surface area contributed by atoms with Crippen molar-refractivity contribution in [3.63, 3.8) is 0 Å². The van der Waals surface area contributed by atoms with Crippen molar-refractivity contribution < 1.29 is 4.74 Å². The van der Waals surface area contributed by atoms with E-state index in [2.05, 4.69) is 32.7 Å². The molecule has 0 amide bonds. The topological polar surface area (TPSA) is 38.5 Å². The molecule has 0 spiro atoms. The molecule has 0 aromatic heterocycles. The van der Waals surface area contributed by atoms with Crippen LogP contribution in [0, 0.1) is 11.3 Å². The first-order valence-electron chi connectivity index (χ1n) is 7.92. The summed E-state index contributed by atoms with van der Waals surface area (Å²) >= 11 is 0. The Hall–Kier alpha value is -0.120. The van der Waals surface area contributed by atoms with Crippen molar-refractivity contribution in [1.82, 2.24) is 4.90 Å². The van der Waals surface area contributed by atoms with Crippen LogP contribution in [0.25, 0.3) is 0 Å². The minimum Gasteiger partial charge on any atom is -0.381 e. The Labute approximate surface area is 118 Å². The maximum Gasteiger partial charge on any atom is 0.0480 e. The molecule has 3 heteroatoms. The van der Waals surface area contributed by atoms with Gasteiger partial charge in [0.25, 0.3) is 0 Å². The molecule has 2 aliphatic rings. The van der Waals surface area contributed by atoms with Gasteiger partial charge in [0, 0.05) is 31.3 Å². The summed E-state index contributed by atoms with van der Waals surface area (Å²) in [6, 6.07) is 0.654. The van der Waals surface area contributed by atoms with Crippen molar-refractivity contribution in [2.45, 2.75) is 64.5 Å². The number of ether oxygens (including phenoxy) is 1. The van der Waals surface area contributed by atoms with Crippen molar-refractivity contribution in [3.8, 4) is 0 Å². The van der Waals surface area contributed by atoms with Gasteiger partial charge in [-0.15, -0.1) is 0 Å². The molecular formula is C16H32N2O. The largest absolute Gasteiger partial charge is 0.381 e. The van der Waals surface area contributed by atoms with Crippen molar-refractivity contribution in [2.75, 3.05) is 26.8 Å². The maximum absolute atomic E-state index is 6.25. The van der Waals surface area contributed by atoms with Crippen LogP contribution in [0.1, 0.15) is 52.9 Å². The van der Waals surface area contributed by atoms with E-state index in [0.717, 1.165) is 32.6 Å². The summed E-state index contributed by atoms with van der Waals surface area (Å²) in [7, 11) is 2.30. The first kappa shape index (κ1) is 15.3. The molecule has 0 radical (unpaired) electrons. The van der Waals surface area contributed by atoms with E-state index in [4.69, 9.17) is 10.5 Å². The van der Waals surface area contributed by atoms with Crippen LogP contribution in [-0.2, 0) is 4.74 Å². The number of likely N-dealkylation sites (N-methyl/N-ethyl adjacent to an activating group) is 1. The Morgan fingerprint density at radius 2 is 1.84 bits per heavy atom. The fourth-order valence-electron chi connectivity index (χ4n) is 4.33. The molecule has 19 heavy (non-hydrogen) atoms. The van der Waals surface area contributed by atoms with Crippen LogP contribution in [0.15, 0.2) is 0 Å². The van der Waals surface area contributed by atoms with Gasteiger partial charge in [-0.3, -0.25) is 4.90 Å². The molecule has 2 atom stereocenters. The lowest BCUT2D eigenvalue weighted by Crippen LogP contribution is -2.62. The van der Waals surface area contributed by atoms with Gasteiger partial charge in [0.05, 0.1) is 0 Å². The number of nitrogens with two attached hydrogens (primary N) is 1. The molecule has 1 aliphatic heterocycles. The van der Waals surface area contributed by atoms with Crippen molar-refractivity contribution in [1.29, 1.82) is 0 Å². The monoisotopic (exact) mass is 268 g/mol. The lowest BCUT2D eigenvalue weighted by atomic mass is 9.63. The first-order valence-corrected chi connectivity index (χ1v) is 7.92. The second-order valence-corrected chi connectivity index (χ2v) is 7.53. The highest BCUT2D eigenvalue weighted by Crippen LogP contribution is 2.46. The Kier molecular flexibility index (Phi) is 4.59. The van der Waals surface area contributed by atoms with E-state index in [0.29, 0.717) is 17.4 Å². The quantitative estimate of drug-likeness (QED) is 0.855. The second kappa shape index (κ2) is 5.71. The van der Waals surface area contributed by atoms with Crippen molar-refractivity contribution in [2.24, 2.45) is 17.1 Å². The molecule has 3 nitrogen and oxygen atoms in total. The van der Waals surface area contributed by atoms with Gasteiger partial charge < -0.3 is 10.5 Å². The van der Waals surface area contributed by atoms with Crippen molar-refractivity contribution in [3.05, 3.63) is 0 Å². The third-order valence-electron chi connectivity index (χ3n) is 5.81. The molecule has 1 heterocycles. The molecule has 0 aromatic rings. The standard InChI is InChI=1S/C16H32N2O/c1-13-11-15(2,3)7-8-16(13,12-17)18(4)14-5-9-19-10-6-14/h13-14H,5-12,17H2,1-4H3. The van der Waals surface area contributed by atoms with Gasteiger partial charge in [0.2, 0.25) is 0 Å². The summed E-state index contributed by atoms with van der Waals surface area (Å²) < 4.78 is 5.51. The van der Waals surface area contributed by atoms with E-state index in [-0.39, 0.29) is 5.54 Å². The van der Waals surface area contributed by atoms with Crippen LogP contribution in [0.2, 0.25) is 0 Å². The summed E-state index contributed by atoms with van der Waals surface area (Å²) in [5.41, 5.74) is 6.94. The summed E-state index contributed by atoms with van der Waals surface area (Å²) in [5, 5.41) is 0. The lowest BCUT2D eigenvalue weighted by molar-refractivity contribution is -0.0578. The third-order valence-corrected chi connectivity index (χ3v) is 5.81. The predicted molar refractivity (Wildman–Crippen MR) is 80.2 cm³/mol. The Balaban J connectivity index is 2.12. The summed E-state index contributed by atoms with van der Waals surface area (Å²) in [5.74, 6) is 0.675. The van der Waals surface area contributed by atoms with E-state index in [1.165, 1.54) is 19.3 Å². The summed E-state index contributed by atoms with van der Waals surface area (Å²) in [6.45, 7) is 9.82. The summed E-state index contributed by atoms with van der Waals surface area (Å²) in [6.07, 6.45) is 6.15. The number of hydrogen-bond donors (Lipinski definition) is 1. The van der Waals surface area contributed by atoms with Crippen LogP contribution in [0.3, 0.4) is 0 Å². The summed E-state index contributed by atoms with van der Waals surface area (Å²) in [4.78, 5) is 2.62. The van der Waals surface area contributed by atoms with Gasteiger partial charge in [0.1, 0.15) is 0 Å². The first-order chi connectivity index (χ1) is 8.91. The van der Waals surface area contributed by atoms with Gasteiger partial charge in [-0.05, 0) is 50.5 Å². The van der Waals surface area contributed by atoms with Gasteiger partial charge in [0.15, 0.2) is 0 Å². The molecule has 0 bridgehead atoms. The normalized spacial score (nSPS) is 36.6. The fraction of sp³-hybridized carbons (Fsp3) is 1.00. The highest BCUT2D eigenvalue weighted by atomic mass is 16.5. The zero-order valence-corrected chi connectivity index (χ0v) is 13.2. The SMILES string of the molecule is CC1CC(C)(C)CCC1(CN)N(C)C1CCOCC1. The molecule has 112 valence electrons. The number of rotatable bonds is 3. The predicted octanol–water partition coefficient (Wildman–Crippen LogP) is 2.64. The number of hydrogen-bond acceptors (Lipinski definition) is 3.